The lowest BCUT2D eigenvalue weighted by atomic mass is 10.00. The average Bonchev–Trinajstić information content (AvgIpc) is 2.40. The van der Waals surface area contributed by atoms with Gasteiger partial charge in [0.05, 0.1) is 0 Å². The van der Waals surface area contributed by atoms with Crippen LogP contribution >= 0.6 is 0 Å². The van der Waals surface area contributed by atoms with Crippen LogP contribution in [0.15, 0.2) is 54.6 Å². The Kier molecular flexibility index (Phi) is 3.91. The Morgan fingerprint density at radius 3 is 2.00 bits per heavy atom. The first-order valence-electron chi connectivity index (χ1n) is 5.92. The largest absolute Gasteiger partial charge is 0.330 e. The molecule has 0 aromatic heterocycles. The van der Waals surface area contributed by atoms with Crippen LogP contribution in [0.5, 0.6) is 0 Å². The fraction of sp³-hybridized carbons (Fsp3) is 0.200. The number of benzene rings is 2. The second kappa shape index (κ2) is 5.62. The van der Waals surface area contributed by atoms with E-state index in [9.17, 15) is 0 Å². The van der Waals surface area contributed by atoms with Gasteiger partial charge in [-0.2, -0.15) is 0 Å². The van der Waals surface area contributed by atoms with E-state index < -0.39 is 0 Å². The van der Waals surface area contributed by atoms with Crippen molar-refractivity contribution in [3.8, 4) is 11.1 Å². The highest BCUT2D eigenvalue weighted by atomic mass is 14.7. The monoisotopic (exact) mass is 226 g/mol. The zero-order valence-electron chi connectivity index (χ0n) is 9.84. The fourth-order valence-corrected chi connectivity index (χ4v) is 1.90. The molecule has 0 fully saturated rings. The van der Waals surface area contributed by atoms with Gasteiger partial charge in [0.1, 0.15) is 0 Å². The molecule has 0 aliphatic heterocycles. The molecule has 0 aliphatic carbocycles. The molecular formula is C15H18N2. The first kappa shape index (κ1) is 11.8. The van der Waals surface area contributed by atoms with Crippen molar-refractivity contribution in [3.63, 3.8) is 0 Å². The molecule has 1 atom stereocenters. The summed E-state index contributed by atoms with van der Waals surface area (Å²) in [6.07, 6.45) is 0.824. The minimum absolute atomic E-state index is 0.0461. The highest BCUT2D eigenvalue weighted by molar-refractivity contribution is 5.63. The summed E-state index contributed by atoms with van der Waals surface area (Å²) in [5.41, 5.74) is 15.1. The number of nitrogens with two attached hydrogens (primary N) is 2. The zero-order valence-corrected chi connectivity index (χ0v) is 9.84. The third kappa shape index (κ3) is 2.93. The van der Waals surface area contributed by atoms with Crippen LogP contribution in [0.4, 0.5) is 0 Å². The molecule has 2 heteroatoms. The molecule has 2 nitrogen and oxygen atoms in total. The first-order valence-corrected chi connectivity index (χ1v) is 5.92. The minimum Gasteiger partial charge on any atom is -0.330 e. The van der Waals surface area contributed by atoms with Gasteiger partial charge in [-0.3, -0.25) is 0 Å². The van der Waals surface area contributed by atoms with Gasteiger partial charge in [0, 0.05) is 6.04 Å². The van der Waals surface area contributed by atoms with E-state index in [0.29, 0.717) is 6.54 Å². The van der Waals surface area contributed by atoms with Crippen molar-refractivity contribution in [2.24, 2.45) is 11.5 Å². The first-order chi connectivity index (χ1) is 8.31. The van der Waals surface area contributed by atoms with Gasteiger partial charge in [-0.1, -0.05) is 54.6 Å². The van der Waals surface area contributed by atoms with Gasteiger partial charge >= 0.3 is 0 Å². The van der Waals surface area contributed by atoms with E-state index in [0.717, 1.165) is 12.0 Å². The Balaban J connectivity index is 2.19. The number of hydrogen-bond donors (Lipinski definition) is 2. The molecule has 17 heavy (non-hydrogen) atoms. The summed E-state index contributed by atoms with van der Waals surface area (Å²) in [6.45, 7) is 0.627. The lowest BCUT2D eigenvalue weighted by Gasteiger charge is -2.11. The fourth-order valence-electron chi connectivity index (χ4n) is 1.90. The molecule has 0 heterocycles. The third-order valence-electron chi connectivity index (χ3n) is 2.92. The van der Waals surface area contributed by atoms with E-state index in [-0.39, 0.29) is 6.04 Å². The molecule has 0 amide bonds. The lowest BCUT2D eigenvalue weighted by Crippen LogP contribution is -2.15. The van der Waals surface area contributed by atoms with Crippen LogP contribution in [0.2, 0.25) is 0 Å². The maximum Gasteiger partial charge on any atom is 0.0306 e. The van der Waals surface area contributed by atoms with Crippen LogP contribution in [0, 0.1) is 0 Å². The van der Waals surface area contributed by atoms with Gasteiger partial charge in [-0.25, -0.2) is 0 Å². The van der Waals surface area contributed by atoms with Gasteiger partial charge in [0.15, 0.2) is 0 Å². The molecule has 88 valence electrons. The summed E-state index contributed by atoms with van der Waals surface area (Å²) in [5, 5.41) is 0. The molecule has 0 saturated carbocycles. The van der Waals surface area contributed by atoms with Crippen molar-refractivity contribution in [1.82, 2.24) is 0 Å². The molecule has 0 aliphatic rings. The van der Waals surface area contributed by atoms with Crippen LogP contribution < -0.4 is 11.5 Å². The molecule has 2 aromatic carbocycles. The van der Waals surface area contributed by atoms with Crippen molar-refractivity contribution >= 4 is 0 Å². The Bertz CT molecular complexity index is 448. The SMILES string of the molecule is NCC[C@@H](N)c1ccc(-c2ccccc2)cc1. The average molecular weight is 226 g/mol. The molecule has 4 N–H and O–H groups in total. The molecule has 2 rings (SSSR count). The van der Waals surface area contributed by atoms with Crippen molar-refractivity contribution in [2.75, 3.05) is 6.54 Å². The summed E-state index contributed by atoms with van der Waals surface area (Å²) in [6, 6.07) is 18.8. The Hall–Kier alpha value is -1.64. The maximum atomic E-state index is 6.01. The summed E-state index contributed by atoms with van der Waals surface area (Å²) < 4.78 is 0. The van der Waals surface area contributed by atoms with Gasteiger partial charge in [0.25, 0.3) is 0 Å². The van der Waals surface area contributed by atoms with Crippen molar-refractivity contribution in [1.29, 1.82) is 0 Å². The van der Waals surface area contributed by atoms with Crippen LogP contribution in [0.1, 0.15) is 18.0 Å². The maximum absolute atomic E-state index is 6.01. The van der Waals surface area contributed by atoms with Crippen LogP contribution in [-0.2, 0) is 0 Å². The topological polar surface area (TPSA) is 52.0 Å². The molecule has 0 unspecified atom stereocenters. The summed E-state index contributed by atoms with van der Waals surface area (Å²) in [5.74, 6) is 0. The molecule has 0 radical (unpaired) electrons. The summed E-state index contributed by atoms with van der Waals surface area (Å²) in [4.78, 5) is 0. The van der Waals surface area contributed by atoms with Gasteiger partial charge in [0.2, 0.25) is 0 Å². The normalized spacial score (nSPS) is 12.4. The predicted octanol–water partition coefficient (Wildman–Crippen LogP) is 2.70. The standard InChI is InChI=1S/C15H18N2/c16-11-10-15(17)14-8-6-13(7-9-14)12-4-2-1-3-5-12/h1-9,15H,10-11,16-17H2/t15-/m1/s1. The van der Waals surface area contributed by atoms with E-state index in [1.165, 1.54) is 11.1 Å². The van der Waals surface area contributed by atoms with Crippen molar-refractivity contribution in [2.45, 2.75) is 12.5 Å². The zero-order chi connectivity index (χ0) is 12.1. The summed E-state index contributed by atoms with van der Waals surface area (Å²) in [7, 11) is 0. The smallest absolute Gasteiger partial charge is 0.0306 e. The van der Waals surface area contributed by atoms with Gasteiger partial charge < -0.3 is 11.5 Å². The Labute approximate surface area is 102 Å². The van der Waals surface area contributed by atoms with Crippen molar-refractivity contribution < 1.29 is 0 Å². The Morgan fingerprint density at radius 1 is 0.824 bits per heavy atom. The van der Waals surface area contributed by atoms with Gasteiger partial charge in [-0.15, -0.1) is 0 Å². The highest BCUT2D eigenvalue weighted by Crippen LogP contribution is 2.21. The van der Waals surface area contributed by atoms with Crippen LogP contribution in [-0.4, -0.2) is 6.54 Å². The Morgan fingerprint density at radius 2 is 1.41 bits per heavy atom. The highest BCUT2D eigenvalue weighted by Gasteiger charge is 2.04. The van der Waals surface area contributed by atoms with Crippen LogP contribution in [0.3, 0.4) is 0 Å². The second-order valence-electron chi connectivity index (χ2n) is 4.17. The van der Waals surface area contributed by atoms with Crippen molar-refractivity contribution in [3.05, 3.63) is 60.2 Å². The van der Waals surface area contributed by atoms with E-state index in [4.69, 9.17) is 11.5 Å². The number of rotatable bonds is 4. The molecule has 0 saturated heterocycles. The number of hydrogen-bond acceptors (Lipinski definition) is 2. The van der Waals surface area contributed by atoms with E-state index in [1.807, 2.05) is 18.2 Å². The van der Waals surface area contributed by atoms with E-state index in [2.05, 4.69) is 36.4 Å². The lowest BCUT2D eigenvalue weighted by molar-refractivity contribution is 0.661. The van der Waals surface area contributed by atoms with E-state index >= 15 is 0 Å². The van der Waals surface area contributed by atoms with Gasteiger partial charge in [-0.05, 0) is 29.7 Å². The molecule has 0 bridgehead atoms. The second-order valence-corrected chi connectivity index (χ2v) is 4.17. The van der Waals surface area contributed by atoms with E-state index in [1.54, 1.807) is 0 Å². The predicted molar refractivity (Wildman–Crippen MR) is 72.5 cm³/mol. The quantitative estimate of drug-likeness (QED) is 0.842. The minimum atomic E-state index is 0.0461. The molecule has 2 aromatic rings. The summed E-state index contributed by atoms with van der Waals surface area (Å²) >= 11 is 0. The van der Waals surface area contributed by atoms with Crippen LogP contribution in [0.25, 0.3) is 11.1 Å². The third-order valence-corrected chi connectivity index (χ3v) is 2.92. The molecule has 0 spiro atoms. The molecular weight excluding hydrogens is 208 g/mol.